The van der Waals surface area contributed by atoms with E-state index >= 15 is 0 Å². The number of aromatic nitrogens is 3. The zero-order chi connectivity index (χ0) is 23.2. The van der Waals surface area contributed by atoms with Crippen molar-refractivity contribution in [1.82, 2.24) is 19.9 Å². The molecule has 0 radical (unpaired) electrons. The number of allylic oxidation sites excluding steroid dienone is 1. The van der Waals surface area contributed by atoms with E-state index in [2.05, 4.69) is 51.2 Å². The van der Waals surface area contributed by atoms with Crippen molar-refractivity contribution in [2.24, 2.45) is 0 Å². The van der Waals surface area contributed by atoms with E-state index in [1.807, 2.05) is 6.20 Å². The Bertz CT molecular complexity index is 1430. The molecular weight excluding hydrogens is 442 g/mol. The summed E-state index contributed by atoms with van der Waals surface area (Å²) >= 11 is 0. The maximum atomic E-state index is 6.30. The third-order valence-corrected chi connectivity index (χ3v) is 7.09. The molecule has 0 bridgehead atoms. The molecule has 4 aromatic rings. The number of anilines is 1. The van der Waals surface area contributed by atoms with Gasteiger partial charge in [0.2, 0.25) is 5.71 Å². The van der Waals surface area contributed by atoms with Crippen LogP contribution in [0, 0.1) is 0 Å². The van der Waals surface area contributed by atoms with Crippen LogP contribution in [0.3, 0.4) is 0 Å². The molecule has 0 unspecified atom stereocenters. The second-order valence-electron chi connectivity index (χ2n) is 9.32. The van der Waals surface area contributed by atoms with Crippen LogP contribution in [0.25, 0.3) is 39.7 Å². The smallest absolute Gasteiger partial charge is 0.229 e. The summed E-state index contributed by atoms with van der Waals surface area (Å²) in [6.45, 7) is 7.15. The number of nitrogens with zero attached hydrogens (tertiary/aromatic N) is 5. The molecule has 8 heteroatoms. The third kappa shape index (κ3) is 3.78. The van der Waals surface area contributed by atoms with E-state index in [0.29, 0.717) is 24.5 Å². The molecule has 2 fully saturated rings. The van der Waals surface area contributed by atoms with Crippen LogP contribution in [0.1, 0.15) is 16.7 Å². The quantitative estimate of drug-likeness (QED) is 0.448. The molecule has 2 saturated heterocycles. The molecule has 178 valence electrons. The van der Waals surface area contributed by atoms with Crippen LogP contribution in [0.2, 0.25) is 0 Å². The second-order valence-corrected chi connectivity index (χ2v) is 9.32. The predicted octanol–water partition coefficient (Wildman–Crippen LogP) is 3.68. The lowest BCUT2D eigenvalue weighted by Gasteiger charge is -2.27. The van der Waals surface area contributed by atoms with E-state index in [1.165, 1.54) is 11.1 Å². The van der Waals surface area contributed by atoms with E-state index in [1.54, 1.807) is 0 Å². The maximum Gasteiger partial charge on any atom is 0.229 e. The van der Waals surface area contributed by atoms with Gasteiger partial charge in [-0.15, -0.1) is 0 Å². The fourth-order valence-electron chi connectivity index (χ4n) is 5.26. The standard InChI is InChI=1S/C27H27N5O3/c1-3-19-4-2-6-21(20(19)5-1)25-29-23-22-15-18(17-31-7-11-33-12-8-31)16-28-27(22)35-24(23)26(30-25)32-9-13-34-14-10-32/h1-2,4-6,15-16H,3,7-14,17H2. The Morgan fingerprint density at radius 2 is 1.77 bits per heavy atom. The van der Waals surface area contributed by atoms with Gasteiger partial charge in [0, 0.05) is 44.5 Å². The number of rotatable bonds is 4. The van der Waals surface area contributed by atoms with Gasteiger partial charge in [-0.05, 0) is 29.2 Å². The first-order chi connectivity index (χ1) is 17.3. The number of pyridine rings is 1. The Kier molecular flexibility index (Phi) is 5.23. The lowest BCUT2D eigenvalue weighted by Crippen LogP contribution is -2.37. The van der Waals surface area contributed by atoms with Crippen molar-refractivity contribution in [3.05, 3.63) is 53.2 Å². The lowest BCUT2D eigenvalue weighted by atomic mass is 10.0. The Balaban J connectivity index is 1.39. The van der Waals surface area contributed by atoms with Gasteiger partial charge in [-0.2, -0.15) is 0 Å². The first-order valence-electron chi connectivity index (χ1n) is 12.3. The van der Waals surface area contributed by atoms with Gasteiger partial charge in [0.05, 0.1) is 31.8 Å². The van der Waals surface area contributed by atoms with Crippen LogP contribution in [0.4, 0.5) is 5.82 Å². The fraction of sp³-hybridized carbons (Fsp3) is 0.370. The third-order valence-electron chi connectivity index (χ3n) is 7.09. The van der Waals surface area contributed by atoms with Crippen LogP contribution in [-0.2, 0) is 22.4 Å². The van der Waals surface area contributed by atoms with Crippen molar-refractivity contribution in [3.63, 3.8) is 0 Å². The molecule has 5 heterocycles. The molecular formula is C27H27N5O3. The van der Waals surface area contributed by atoms with Crippen LogP contribution < -0.4 is 4.90 Å². The van der Waals surface area contributed by atoms with Crippen LogP contribution in [0.15, 0.2) is 41.0 Å². The number of hydrogen-bond donors (Lipinski definition) is 0. The van der Waals surface area contributed by atoms with Gasteiger partial charge < -0.3 is 18.8 Å². The van der Waals surface area contributed by atoms with Crippen molar-refractivity contribution in [2.75, 3.05) is 57.5 Å². The van der Waals surface area contributed by atoms with Gasteiger partial charge in [0.1, 0.15) is 5.52 Å². The molecule has 0 spiro atoms. The van der Waals surface area contributed by atoms with Crippen molar-refractivity contribution in [3.8, 4) is 11.4 Å². The topological polar surface area (TPSA) is 76.8 Å². The molecule has 3 aromatic heterocycles. The second kappa shape index (κ2) is 8.71. The minimum atomic E-state index is 0.602. The highest BCUT2D eigenvalue weighted by atomic mass is 16.5. The first kappa shape index (κ1) is 21.0. The number of benzene rings is 1. The molecule has 8 nitrogen and oxygen atoms in total. The normalized spacial score (nSPS) is 18.6. The number of morpholine rings is 2. The summed E-state index contributed by atoms with van der Waals surface area (Å²) in [5, 5.41) is 0.937. The lowest BCUT2D eigenvalue weighted by molar-refractivity contribution is 0.0341. The molecule has 7 rings (SSSR count). The van der Waals surface area contributed by atoms with Crippen molar-refractivity contribution in [1.29, 1.82) is 0 Å². The molecule has 3 aliphatic rings. The predicted molar refractivity (Wildman–Crippen MR) is 134 cm³/mol. The summed E-state index contributed by atoms with van der Waals surface area (Å²) < 4.78 is 17.4. The zero-order valence-electron chi connectivity index (χ0n) is 19.6. The summed E-state index contributed by atoms with van der Waals surface area (Å²) in [6, 6.07) is 8.57. The van der Waals surface area contributed by atoms with E-state index in [4.69, 9.17) is 23.9 Å². The van der Waals surface area contributed by atoms with Gasteiger partial charge in [-0.25, -0.2) is 15.0 Å². The van der Waals surface area contributed by atoms with Crippen LogP contribution in [-0.4, -0.2) is 72.5 Å². The molecule has 0 N–H and O–H groups in total. The van der Waals surface area contributed by atoms with E-state index in [9.17, 15) is 0 Å². The Morgan fingerprint density at radius 1 is 0.943 bits per heavy atom. The van der Waals surface area contributed by atoms with E-state index in [0.717, 1.165) is 86.0 Å². The van der Waals surface area contributed by atoms with Gasteiger partial charge in [0.15, 0.2) is 17.2 Å². The fourth-order valence-corrected chi connectivity index (χ4v) is 5.26. The Morgan fingerprint density at radius 3 is 2.63 bits per heavy atom. The number of furan rings is 1. The van der Waals surface area contributed by atoms with Gasteiger partial charge in [-0.1, -0.05) is 30.4 Å². The first-order valence-corrected chi connectivity index (χ1v) is 12.3. The number of ether oxygens (including phenoxy) is 2. The molecule has 0 saturated carbocycles. The summed E-state index contributed by atoms with van der Waals surface area (Å²) in [7, 11) is 0. The molecule has 35 heavy (non-hydrogen) atoms. The minimum absolute atomic E-state index is 0.602. The summed E-state index contributed by atoms with van der Waals surface area (Å²) in [4.78, 5) is 19.5. The summed E-state index contributed by atoms with van der Waals surface area (Å²) in [5.74, 6) is 1.55. The van der Waals surface area contributed by atoms with Gasteiger partial charge in [-0.3, -0.25) is 4.90 Å². The summed E-state index contributed by atoms with van der Waals surface area (Å²) in [5.41, 5.74) is 6.85. The molecule has 1 aromatic carbocycles. The van der Waals surface area contributed by atoms with E-state index in [-0.39, 0.29) is 0 Å². The highest BCUT2D eigenvalue weighted by molar-refractivity contribution is 6.05. The van der Waals surface area contributed by atoms with E-state index < -0.39 is 0 Å². The van der Waals surface area contributed by atoms with Crippen LogP contribution in [0.5, 0.6) is 0 Å². The zero-order valence-corrected chi connectivity index (χ0v) is 19.6. The summed E-state index contributed by atoms with van der Waals surface area (Å²) in [6.07, 6.45) is 7.25. The highest BCUT2D eigenvalue weighted by Crippen LogP contribution is 2.37. The van der Waals surface area contributed by atoms with Crippen molar-refractivity contribution in [2.45, 2.75) is 13.0 Å². The monoisotopic (exact) mass is 469 g/mol. The number of fused-ring (bicyclic) bond motifs is 4. The molecule has 0 amide bonds. The molecule has 2 aliphatic heterocycles. The SMILES string of the molecule is C1=Cc2c(cccc2-c2nc(N3CCOCC3)c3oc4ncc(CN5CCOCC5)cc4c3n2)C1. The van der Waals surface area contributed by atoms with Gasteiger partial charge in [0.25, 0.3) is 0 Å². The molecule has 0 atom stereocenters. The van der Waals surface area contributed by atoms with Crippen molar-refractivity contribution < 1.29 is 13.9 Å². The van der Waals surface area contributed by atoms with Gasteiger partial charge >= 0.3 is 0 Å². The Hall–Kier alpha value is -3.33. The highest BCUT2D eigenvalue weighted by Gasteiger charge is 2.24. The minimum Gasteiger partial charge on any atom is -0.432 e. The molecule has 1 aliphatic carbocycles. The van der Waals surface area contributed by atoms with Crippen LogP contribution >= 0.6 is 0 Å². The average molecular weight is 470 g/mol. The average Bonchev–Trinajstić information content (AvgIpc) is 3.54. The Labute approximate surface area is 203 Å². The van der Waals surface area contributed by atoms with Crippen molar-refractivity contribution >= 4 is 34.1 Å². The number of hydrogen-bond acceptors (Lipinski definition) is 8. The maximum absolute atomic E-state index is 6.30. The largest absolute Gasteiger partial charge is 0.432 e.